The lowest BCUT2D eigenvalue weighted by Gasteiger charge is -2.16. The summed E-state index contributed by atoms with van der Waals surface area (Å²) in [5, 5.41) is 8.96. The monoisotopic (exact) mass is 314 g/mol. The highest BCUT2D eigenvalue weighted by Gasteiger charge is 2.17. The van der Waals surface area contributed by atoms with E-state index in [-0.39, 0.29) is 6.15 Å². The quantitative estimate of drug-likeness (QED) is 0.885. The minimum Gasteiger partial charge on any atom is -0.492 e. The van der Waals surface area contributed by atoms with Gasteiger partial charge < -0.3 is 16.0 Å². The number of hydrogen-bond acceptors (Lipinski definition) is 4. The summed E-state index contributed by atoms with van der Waals surface area (Å²) in [6.07, 6.45) is 0. The summed E-state index contributed by atoms with van der Waals surface area (Å²) in [5.74, 6) is -0.161. The van der Waals surface area contributed by atoms with Gasteiger partial charge in [-0.05, 0) is 41.8 Å². The van der Waals surface area contributed by atoms with Crippen LogP contribution in [0.5, 0.6) is 5.75 Å². The molecule has 1 aliphatic heterocycles. The standard InChI is InChI=1S/C18H19NO3.H3N/c1-13-10-14(18(20)21)6-7-17(13)22-9-8-19-11-15-4-2-3-5-16(15)12-19;/h2-7,10H,8-9,11-12H2,1H3,(H,20,21);1H3. The van der Waals surface area contributed by atoms with Crippen molar-refractivity contribution in [3.63, 3.8) is 0 Å². The molecular weight excluding hydrogens is 292 g/mol. The first kappa shape index (κ1) is 17.0. The number of carbonyl (C=O) groups is 1. The summed E-state index contributed by atoms with van der Waals surface area (Å²) < 4.78 is 5.80. The van der Waals surface area contributed by atoms with Crippen LogP contribution >= 0.6 is 0 Å². The predicted octanol–water partition coefficient (Wildman–Crippen LogP) is 3.25. The van der Waals surface area contributed by atoms with Crippen molar-refractivity contribution >= 4 is 5.97 Å². The molecule has 2 aromatic rings. The summed E-state index contributed by atoms with van der Waals surface area (Å²) in [7, 11) is 0. The zero-order valence-corrected chi connectivity index (χ0v) is 13.3. The van der Waals surface area contributed by atoms with Crippen LogP contribution in [0, 0.1) is 6.92 Å². The van der Waals surface area contributed by atoms with Gasteiger partial charge in [0.15, 0.2) is 0 Å². The summed E-state index contributed by atoms with van der Waals surface area (Å²) in [5.41, 5.74) is 3.93. The smallest absolute Gasteiger partial charge is 0.335 e. The van der Waals surface area contributed by atoms with Gasteiger partial charge in [-0.25, -0.2) is 4.79 Å². The van der Waals surface area contributed by atoms with Crippen LogP contribution < -0.4 is 10.9 Å². The van der Waals surface area contributed by atoms with Gasteiger partial charge in [0.25, 0.3) is 0 Å². The van der Waals surface area contributed by atoms with Crippen molar-refractivity contribution in [1.82, 2.24) is 11.1 Å². The van der Waals surface area contributed by atoms with Crippen molar-refractivity contribution in [2.75, 3.05) is 13.2 Å². The maximum absolute atomic E-state index is 10.9. The number of ether oxygens (including phenoxy) is 1. The van der Waals surface area contributed by atoms with E-state index in [1.807, 2.05) is 6.92 Å². The Hall–Kier alpha value is -2.37. The Morgan fingerprint density at radius 1 is 1.17 bits per heavy atom. The Morgan fingerprint density at radius 3 is 2.39 bits per heavy atom. The molecular formula is C18H22N2O3. The molecule has 0 saturated heterocycles. The Morgan fingerprint density at radius 2 is 1.83 bits per heavy atom. The number of aryl methyl sites for hydroxylation is 1. The van der Waals surface area contributed by atoms with E-state index in [2.05, 4.69) is 29.2 Å². The normalized spacial score (nSPS) is 13.3. The molecule has 5 nitrogen and oxygen atoms in total. The van der Waals surface area contributed by atoms with Crippen LogP contribution in [0.2, 0.25) is 0 Å². The van der Waals surface area contributed by atoms with Gasteiger partial charge in [-0.1, -0.05) is 24.3 Å². The minimum atomic E-state index is -0.913. The van der Waals surface area contributed by atoms with E-state index in [1.165, 1.54) is 11.1 Å². The molecule has 0 aromatic heterocycles. The molecule has 0 aliphatic carbocycles. The van der Waals surface area contributed by atoms with E-state index >= 15 is 0 Å². The number of benzene rings is 2. The molecule has 2 aromatic carbocycles. The molecule has 1 heterocycles. The fourth-order valence-corrected chi connectivity index (χ4v) is 2.79. The van der Waals surface area contributed by atoms with Gasteiger partial charge in [0.1, 0.15) is 12.4 Å². The molecule has 5 heteroatoms. The zero-order chi connectivity index (χ0) is 15.5. The van der Waals surface area contributed by atoms with Crippen molar-refractivity contribution < 1.29 is 14.6 Å². The third-order valence-electron chi connectivity index (χ3n) is 3.99. The molecule has 0 bridgehead atoms. The van der Waals surface area contributed by atoms with E-state index in [1.54, 1.807) is 18.2 Å². The topological polar surface area (TPSA) is 84.8 Å². The first-order valence-corrected chi connectivity index (χ1v) is 7.39. The van der Waals surface area contributed by atoms with Gasteiger partial charge in [-0.15, -0.1) is 0 Å². The number of rotatable bonds is 5. The first-order valence-electron chi connectivity index (χ1n) is 7.39. The maximum atomic E-state index is 10.9. The number of aromatic carboxylic acids is 1. The Balaban J connectivity index is 0.00000192. The van der Waals surface area contributed by atoms with E-state index in [9.17, 15) is 4.79 Å². The van der Waals surface area contributed by atoms with Gasteiger partial charge in [0.05, 0.1) is 5.56 Å². The number of carboxylic acids is 1. The highest BCUT2D eigenvalue weighted by atomic mass is 16.5. The maximum Gasteiger partial charge on any atom is 0.335 e. The van der Waals surface area contributed by atoms with Crippen LogP contribution in [0.4, 0.5) is 0 Å². The van der Waals surface area contributed by atoms with Gasteiger partial charge in [0.2, 0.25) is 0 Å². The SMILES string of the molecule is Cc1cc(C(=O)O)ccc1OCCN1Cc2ccccc2C1.N. The van der Waals surface area contributed by atoms with Gasteiger partial charge in [0, 0.05) is 19.6 Å². The van der Waals surface area contributed by atoms with Gasteiger partial charge in [-0.3, -0.25) is 4.90 Å². The minimum absolute atomic E-state index is 0. The molecule has 1 aliphatic rings. The molecule has 0 atom stereocenters. The molecule has 23 heavy (non-hydrogen) atoms. The fraction of sp³-hybridized carbons (Fsp3) is 0.278. The number of nitrogens with zero attached hydrogens (tertiary/aromatic N) is 1. The van der Waals surface area contributed by atoms with E-state index in [4.69, 9.17) is 9.84 Å². The van der Waals surface area contributed by atoms with Gasteiger partial charge >= 0.3 is 5.97 Å². The van der Waals surface area contributed by atoms with Crippen molar-refractivity contribution in [2.24, 2.45) is 0 Å². The van der Waals surface area contributed by atoms with Gasteiger partial charge in [-0.2, -0.15) is 0 Å². The molecule has 4 N–H and O–H groups in total. The number of carboxylic acid groups (broad SMARTS) is 1. The highest BCUT2D eigenvalue weighted by Crippen LogP contribution is 2.22. The molecule has 0 radical (unpaired) electrons. The van der Waals surface area contributed by atoms with Crippen LogP contribution in [0.25, 0.3) is 0 Å². The molecule has 3 rings (SSSR count). The average molecular weight is 314 g/mol. The predicted molar refractivity (Wildman–Crippen MR) is 89.2 cm³/mol. The molecule has 122 valence electrons. The number of hydrogen-bond donors (Lipinski definition) is 2. The second-order valence-electron chi connectivity index (χ2n) is 5.61. The lowest BCUT2D eigenvalue weighted by atomic mass is 10.1. The molecule has 0 saturated carbocycles. The lowest BCUT2D eigenvalue weighted by Crippen LogP contribution is -2.23. The first-order chi connectivity index (χ1) is 10.6. The van der Waals surface area contributed by atoms with Crippen molar-refractivity contribution in [1.29, 1.82) is 0 Å². The zero-order valence-electron chi connectivity index (χ0n) is 13.3. The van der Waals surface area contributed by atoms with Crippen molar-refractivity contribution in [2.45, 2.75) is 20.0 Å². The lowest BCUT2D eigenvalue weighted by molar-refractivity contribution is 0.0696. The van der Waals surface area contributed by atoms with Crippen LogP contribution in [-0.2, 0) is 13.1 Å². The third-order valence-corrected chi connectivity index (χ3v) is 3.99. The second kappa shape index (κ2) is 7.26. The average Bonchev–Trinajstić information content (AvgIpc) is 2.91. The van der Waals surface area contributed by atoms with E-state index in [0.717, 1.165) is 30.9 Å². The second-order valence-corrected chi connectivity index (χ2v) is 5.61. The summed E-state index contributed by atoms with van der Waals surface area (Å²) in [4.78, 5) is 13.3. The largest absolute Gasteiger partial charge is 0.492 e. The Kier molecular flexibility index (Phi) is 5.36. The van der Waals surface area contributed by atoms with Crippen molar-refractivity contribution in [3.8, 4) is 5.75 Å². The molecule has 0 amide bonds. The van der Waals surface area contributed by atoms with Crippen LogP contribution in [0.1, 0.15) is 27.0 Å². The molecule has 0 fully saturated rings. The fourth-order valence-electron chi connectivity index (χ4n) is 2.79. The van der Waals surface area contributed by atoms with Crippen LogP contribution in [0.3, 0.4) is 0 Å². The molecule has 0 unspecified atom stereocenters. The van der Waals surface area contributed by atoms with E-state index < -0.39 is 5.97 Å². The van der Waals surface area contributed by atoms with Crippen molar-refractivity contribution in [3.05, 3.63) is 64.7 Å². The summed E-state index contributed by atoms with van der Waals surface area (Å²) in [6, 6.07) is 13.4. The van der Waals surface area contributed by atoms with Crippen LogP contribution in [-0.4, -0.2) is 29.1 Å². The summed E-state index contributed by atoms with van der Waals surface area (Å²) >= 11 is 0. The Bertz CT molecular complexity index is 675. The highest BCUT2D eigenvalue weighted by molar-refractivity contribution is 5.88. The third kappa shape index (κ3) is 3.88. The summed E-state index contributed by atoms with van der Waals surface area (Å²) in [6.45, 7) is 5.26. The number of fused-ring (bicyclic) bond motifs is 1. The Labute approximate surface area is 136 Å². The molecule has 0 spiro atoms. The van der Waals surface area contributed by atoms with E-state index in [0.29, 0.717) is 12.2 Å². The van der Waals surface area contributed by atoms with Crippen LogP contribution in [0.15, 0.2) is 42.5 Å².